The Morgan fingerprint density at radius 1 is 1.33 bits per heavy atom. The van der Waals surface area contributed by atoms with Crippen LogP contribution in [0.1, 0.15) is 37.6 Å². The van der Waals surface area contributed by atoms with Gasteiger partial charge >= 0.3 is 0 Å². The molecule has 2 amide bonds. The molecule has 5 heteroatoms. The van der Waals surface area contributed by atoms with Crippen molar-refractivity contribution in [2.75, 3.05) is 0 Å². The summed E-state index contributed by atoms with van der Waals surface area (Å²) in [4.78, 5) is 31.2. The fraction of sp³-hybridized carbons (Fsp3) is 0.562. The van der Waals surface area contributed by atoms with Crippen molar-refractivity contribution >= 4 is 11.8 Å². The Morgan fingerprint density at radius 3 is 2.71 bits per heavy atom. The van der Waals surface area contributed by atoms with Gasteiger partial charge in [0.2, 0.25) is 11.8 Å². The van der Waals surface area contributed by atoms with Crippen LogP contribution in [0.2, 0.25) is 0 Å². The predicted octanol–water partition coefficient (Wildman–Crippen LogP) is 1.41. The van der Waals surface area contributed by atoms with E-state index in [0.717, 1.165) is 24.2 Å². The molecule has 0 aromatic carbocycles. The van der Waals surface area contributed by atoms with Crippen molar-refractivity contribution in [3.05, 3.63) is 29.6 Å². The molecule has 21 heavy (non-hydrogen) atoms. The van der Waals surface area contributed by atoms with Crippen LogP contribution in [0.3, 0.4) is 0 Å². The first-order valence-corrected chi connectivity index (χ1v) is 7.63. The Bertz CT molecular complexity index is 568. The van der Waals surface area contributed by atoms with E-state index in [1.54, 1.807) is 4.90 Å². The summed E-state index contributed by atoms with van der Waals surface area (Å²) >= 11 is 0. The van der Waals surface area contributed by atoms with Crippen molar-refractivity contribution in [3.8, 4) is 0 Å². The van der Waals surface area contributed by atoms with Crippen LogP contribution < -0.4 is 5.32 Å². The first-order valence-electron chi connectivity index (χ1n) is 7.63. The Hall–Kier alpha value is -1.91. The zero-order valence-corrected chi connectivity index (χ0v) is 12.5. The highest BCUT2D eigenvalue weighted by atomic mass is 16.2. The quantitative estimate of drug-likeness (QED) is 0.910. The van der Waals surface area contributed by atoms with E-state index >= 15 is 0 Å². The molecule has 1 aromatic heterocycles. The number of aryl methyl sites for hydroxylation is 1. The molecule has 0 spiro atoms. The van der Waals surface area contributed by atoms with Crippen LogP contribution in [-0.2, 0) is 16.1 Å². The van der Waals surface area contributed by atoms with E-state index in [9.17, 15) is 9.59 Å². The average molecular weight is 287 g/mol. The number of carbonyl (C=O) groups excluding carboxylic acids is 2. The van der Waals surface area contributed by atoms with Crippen molar-refractivity contribution in [1.82, 2.24) is 15.2 Å². The maximum atomic E-state index is 12.6. The smallest absolute Gasteiger partial charge is 0.246 e. The summed E-state index contributed by atoms with van der Waals surface area (Å²) in [5.41, 5.74) is 1.77. The second kappa shape index (κ2) is 5.47. The van der Waals surface area contributed by atoms with Gasteiger partial charge in [-0.1, -0.05) is 13.0 Å². The fourth-order valence-electron chi connectivity index (χ4n) is 2.99. The number of hydrogen-bond donors (Lipinski definition) is 1. The molecule has 1 N–H and O–H groups in total. The van der Waals surface area contributed by atoms with Crippen LogP contribution in [0.15, 0.2) is 18.2 Å². The number of rotatable bonds is 4. The largest absolute Gasteiger partial charge is 0.343 e. The van der Waals surface area contributed by atoms with Gasteiger partial charge in [0.05, 0.1) is 12.2 Å². The summed E-state index contributed by atoms with van der Waals surface area (Å²) in [7, 11) is 0. The molecular formula is C16H21N3O2. The van der Waals surface area contributed by atoms with E-state index in [2.05, 4.69) is 10.3 Å². The van der Waals surface area contributed by atoms with Gasteiger partial charge in [0.15, 0.2) is 0 Å². The van der Waals surface area contributed by atoms with Gasteiger partial charge in [0.25, 0.3) is 0 Å². The molecule has 0 radical (unpaired) electrons. The molecule has 0 bridgehead atoms. The standard InChI is InChI=1S/C16H21N3O2/c1-3-13-16(21)19(9-12-6-4-5-10(2)17-12)14(11-7-8-11)15(20)18-13/h4-6,11,13-14H,3,7-9H2,1-2H3,(H,18,20). The highest BCUT2D eigenvalue weighted by Crippen LogP contribution is 2.37. The second-order valence-corrected chi connectivity index (χ2v) is 5.99. The molecule has 3 rings (SSSR count). The van der Waals surface area contributed by atoms with Crippen LogP contribution in [-0.4, -0.2) is 33.8 Å². The summed E-state index contributed by atoms with van der Waals surface area (Å²) in [5, 5.41) is 2.86. The van der Waals surface area contributed by atoms with Crippen molar-refractivity contribution in [1.29, 1.82) is 0 Å². The number of hydrogen-bond acceptors (Lipinski definition) is 3. The van der Waals surface area contributed by atoms with Gasteiger partial charge in [-0.25, -0.2) is 0 Å². The lowest BCUT2D eigenvalue weighted by molar-refractivity contribution is -0.151. The third-order valence-corrected chi connectivity index (χ3v) is 4.26. The summed E-state index contributed by atoms with van der Waals surface area (Å²) in [6.45, 7) is 4.27. The normalized spacial score (nSPS) is 25.9. The maximum absolute atomic E-state index is 12.6. The lowest BCUT2D eigenvalue weighted by Crippen LogP contribution is -2.63. The van der Waals surface area contributed by atoms with Crippen molar-refractivity contribution in [3.63, 3.8) is 0 Å². The number of piperazine rings is 1. The van der Waals surface area contributed by atoms with Gasteiger partial charge in [-0.2, -0.15) is 0 Å². The third kappa shape index (κ3) is 2.77. The minimum atomic E-state index is -0.391. The van der Waals surface area contributed by atoms with E-state index in [1.807, 2.05) is 32.0 Å². The number of amides is 2. The van der Waals surface area contributed by atoms with Crippen LogP contribution in [0.5, 0.6) is 0 Å². The third-order valence-electron chi connectivity index (χ3n) is 4.26. The van der Waals surface area contributed by atoms with Crippen LogP contribution >= 0.6 is 0 Å². The summed E-state index contributed by atoms with van der Waals surface area (Å²) < 4.78 is 0. The van der Waals surface area contributed by atoms with Crippen LogP contribution in [0.4, 0.5) is 0 Å². The van der Waals surface area contributed by atoms with Gasteiger partial charge in [0, 0.05) is 5.69 Å². The summed E-state index contributed by atoms with van der Waals surface area (Å²) in [6.07, 6.45) is 2.68. The number of aromatic nitrogens is 1. The Morgan fingerprint density at radius 2 is 2.10 bits per heavy atom. The zero-order chi connectivity index (χ0) is 15.0. The second-order valence-electron chi connectivity index (χ2n) is 5.99. The molecule has 2 heterocycles. The van der Waals surface area contributed by atoms with Gasteiger partial charge < -0.3 is 10.2 Å². The predicted molar refractivity (Wildman–Crippen MR) is 78.3 cm³/mol. The lowest BCUT2D eigenvalue weighted by atomic mass is 10.0. The number of carbonyl (C=O) groups is 2. The summed E-state index contributed by atoms with van der Waals surface area (Å²) in [5.74, 6) is 0.338. The SMILES string of the molecule is CCC1NC(=O)C(C2CC2)N(Cc2cccc(C)n2)C1=O. The monoisotopic (exact) mass is 287 g/mol. The first-order chi connectivity index (χ1) is 10.1. The fourth-order valence-corrected chi connectivity index (χ4v) is 2.99. The topological polar surface area (TPSA) is 62.3 Å². The van der Waals surface area contributed by atoms with Crippen LogP contribution in [0, 0.1) is 12.8 Å². The molecule has 1 saturated heterocycles. The molecule has 2 aliphatic rings. The molecular weight excluding hydrogens is 266 g/mol. The van der Waals surface area contributed by atoms with E-state index in [4.69, 9.17) is 0 Å². The molecule has 1 aromatic rings. The highest BCUT2D eigenvalue weighted by molar-refractivity contribution is 5.97. The minimum absolute atomic E-state index is 0.00315. The molecule has 2 fully saturated rings. The Kier molecular flexibility index (Phi) is 3.66. The number of pyridine rings is 1. The minimum Gasteiger partial charge on any atom is -0.343 e. The van der Waals surface area contributed by atoms with Gasteiger partial charge in [0.1, 0.15) is 12.1 Å². The first kappa shape index (κ1) is 14.0. The van der Waals surface area contributed by atoms with E-state index in [0.29, 0.717) is 18.9 Å². The zero-order valence-electron chi connectivity index (χ0n) is 12.5. The van der Waals surface area contributed by atoms with Crippen molar-refractivity contribution in [2.24, 2.45) is 5.92 Å². The number of nitrogens with one attached hydrogen (secondary N) is 1. The van der Waals surface area contributed by atoms with Crippen LogP contribution in [0.25, 0.3) is 0 Å². The molecule has 5 nitrogen and oxygen atoms in total. The number of nitrogens with zero attached hydrogens (tertiary/aromatic N) is 2. The van der Waals surface area contributed by atoms with Gasteiger partial charge in [-0.05, 0) is 44.2 Å². The molecule has 2 unspecified atom stereocenters. The highest BCUT2D eigenvalue weighted by Gasteiger charge is 2.47. The molecule has 1 aliphatic heterocycles. The summed E-state index contributed by atoms with van der Waals surface area (Å²) in [6, 6.07) is 5.08. The van der Waals surface area contributed by atoms with E-state index in [1.165, 1.54) is 0 Å². The lowest BCUT2D eigenvalue weighted by Gasteiger charge is -2.38. The molecule has 112 valence electrons. The Labute approximate surface area is 124 Å². The van der Waals surface area contributed by atoms with E-state index in [-0.39, 0.29) is 17.9 Å². The maximum Gasteiger partial charge on any atom is 0.246 e. The average Bonchev–Trinajstić information content (AvgIpc) is 3.27. The van der Waals surface area contributed by atoms with E-state index < -0.39 is 6.04 Å². The van der Waals surface area contributed by atoms with Gasteiger partial charge in [-0.3, -0.25) is 14.6 Å². The van der Waals surface area contributed by atoms with Crippen molar-refractivity contribution in [2.45, 2.75) is 51.7 Å². The molecule has 1 aliphatic carbocycles. The van der Waals surface area contributed by atoms with Crippen molar-refractivity contribution < 1.29 is 9.59 Å². The molecule has 1 saturated carbocycles. The Balaban J connectivity index is 1.86. The molecule has 2 atom stereocenters. The van der Waals surface area contributed by atoms with Gasteiger partial charge in [-0.15, -0.1) is 0 Å².